The van der Waals surface area contributed by atoms with E-state index >= 15 is 0 Å². The molecule has 1 aliphatic heterocycles. The van der Waals surface area contributed by atoms with Crippen LogP contribution in [0.25, 0.3) is 0 Å². The van der Waals surface area contributed by atoms with E-state index in [0.717, 1.165) is 17.7 Å². The van der Waals surface area contributed by atoms with Gasteiger partial charge < -0.3 is 14.6 Å². The Hall–Kier alpha value is -1.06. The molecule has 1 aliphatic rings. The molecule has 1 fully saturated rings. The zero-order chi connectivity index (χ0) is 12.5. The summed E-state index contributed by atoms with van der Waals surface area (Å²) < 4.78 is 10.7. The zero-order valence-corrected chi connectivity index (χ0v) is 10.7. The monoisotopic (exact) mass is 236 g/mol. The SMILES string of the molecule is COc1c(C)cc(C)cc1CC1(CO)COC1. The molecule has 3 nitrogen and oxygen atoms in total. The van der Waals surface area contributed by atoms with E-state index in [1.54, 1.807) is 7.11 Å². The molecule has 94 valence electrons. The summed E-state index contributed by atoms with van der Waals surface area (Å²) in [6.07, 6.45) is 0.815. The molecule has 0 bridgehead atoms. The Labute approximate surface area is 102 Å². The van der Waals surface area contributed by atoms with Crippen LogP contribution in [0.4, 0.5) is 0 Å². The lowest BCUT2D eigenvalue weighted by Crippen LogP contribution is -2.47. The van der Waals surface area contributed by atoms with E-state index in [1.807, 2.05) is 0 Å². The molecular weight excluding hydrogens is 216 g/mol. The Bertz CT molecular complexity index is 403. The van der Waals surface area contributed by atoms with Crippen molar-refractivity contribution < 1.29 is 14.6 Å². The predicted molar refractivity (Wildman–Crippen MR) is 66.5 cm³/mol. The Morgan fingerprint density at radius 1 is 1.35 bits per heavy atom. The fourth-order valence-electron chi connectivity index (χ4n) is 2.51. The lowest BCUT2D eigenvalue weighted by molar-refractivity contribution is -0.136. The minimum atomic E-state index is -0.104. The van der Waals surface area contributed by atoms with Crippen LogP contribution in [0.3, 0.4) is 0 Å². The largest absolute Gasteiger partial charge is 0.496 e. The van der Waals surface area contributed by atoms with Gasteiger partial charge in [0.05, 0.1) is 26.9 Å². The fourth-order valence-corrected chi connectivity index (χ4v) is 2.51. The van der Waals surface area contributed by atoms with Crippen molar-refractivity contribution in [2.75, 3.05) is 26.9 Å². The number of hydrogen-bond acceptors (Lipinski definition) is 3. The van der Waals surface area contributed by atoms with Crippen LogP contribution in [0.1, 0.15) is 16.7 Å². The number of aliphatic hydroxyl groups excluding tert-OH is 1. The van der Waals surface area contributed by atoms with Gasteiger partial charge in [-0.25, -0.2) is 0 Å². The molecule has 0 radical (unpaired) electrons. The quantitative estimate of drug-likeness (QED) is 0.867. The molecule has 0 unspecified atom stereocenters. The van der Waals surface area contributed by atoms with E-state index in [2.05, 4.69) is 26.0 Å². The summed E-state index contributed by atoms with van der Waals surface area (Å²) in [5.74, 6) is 0.940. The van der Waals surface area contributed by atoms with Gasteiger partial charge in [0.25, 0.3) is 0 Å². The highest BCUT2D eigenvalue weighted by molar-refractivity contribution is 5.44. The van der Waals surface area contributed by atoms with Crippen LogP contribution >= 0.6 is 0 Å². The van der Waals surface area contributed by atoms with Gasteiger partial charge in [-0.3, -0.25) is 0 Å². The Balaban J connectivity index is 2.31. The number of aryl methyl sites for hydroxylation is 2. The highest BCUT2D eigenvalue weighted by Gasteiger charge is 2.38. The van der Waals surface area contributed by atoms with Crippen molar-refractivity contribution in [1.29, 1.82) is 0 Å². The molecule has 0 aliphatic carbocycles. The second kappa shape index (κ2) is 4.67. The summed E-state index contributed by atoms with van der Waals surface area (Å²) in [6, 6.07) is 4.26. The highest BCUT2D eigenvalue weighted by Crippen LogP contribution is 2.36. The van der Waals surface area contributed by atoms with Gasteiger partial charge in [0.15, 0.2) is 0 Å². The van der Waals surface area contributed by atoms with Gasteiger partial charge in [0.1, 0.15) is 5.75 Å². The highest BCUT2D eigenvalue weighted by atomic mass is 16.5. The number of rotatable bonds is 4. The summed E-state index contributed by atoms with van der Waals surface area (Å²) in [5.41, 5.74) is 3.44. The summed E-state index contributed by atoms with van der Waals surface area (Å²) >= 11 is 0. The summed E-state index contributed by atoms with van der Waals surface area (Å²) in [4.78, 5) is 0. The predicted octanol–water partition coefficient (Wildman–Crippen LogP) is 1.86. The van der Waals surface area contributed by atoms with Crippen molar-refractivity contribution in [3.63, 3.8) is 0 Å². The van der Waals surface area contributed by atoms with Gasteiger partial charge in [-0.1, -0.05) is 17.7 Å². The second-order valence-corrected chi connectivity index (χ2v) is 5.10. The standard InChI is InChI=1S/C14H20O3/c1-10-4-11(2)13(16-3)12(5-10)6-14(7-15)8-17-9-14/h4-5,15H,6-9H2,1-3H3. The molecule has 3 heteroatoms. The topological polar surface area (TPSA) is 38.7 Å². The second-order valence-electron chi connectivity index (χ2n) is 5.10. The minimum Gasteiger partial charge on any atom is -0.496 e. The summed E-state index contributed by atoms with van der Waals surface area (Å²) in [7, 11) is 1.70. The van der Waals surface area contributed by atoms with E-state index in [9.17, 15) is 5.11 Å². The first-order chi connectivity index (χ1) is 8.10. The van der Waals surface area contributed by atoms with Crippen LogP contribution in [0, 0.1) is 19.3 Å². The third-order valence-electron chi connectivity index (χ3n) is 3.42. The molecule has 0 saturated carbocycles. The molecule has 0 amide bonds. The normalized spacial score (nSPS) is 17.6. The van der Waals surface area contributed by atoms with Crippen molar-refractivity contribution in [2.45, 2.75) is 20.3 Å². The van der Waals surface area contributed by atoms with Crippen molar-refractivity contribution >= 4 is 0 Å². The van der Waals surface area contributed by atoms with Gasteiger partial charge in [-0.2, -0.15) is 0 Å². The Morgan fingerprint density at radius 3 is 2.53 bits per heavy atom. The molecule has 0 spiro atoms. The summed E-state index contributed by atoms with van der Waals surface area (Å²) in [5, 5.41) is 9.48. The molecule has 1 aromatic carbocycles. The maximum absolute atomic E-state index is 9.48. The number of aliphatic hydroxyl groups is 1. The maximum atomic E-state index is 9.48. The first-order valence-electron chi connectivity index (χ1n) is 5.93. The van der Waals surface area contributed by atoms with Crippen molar-refractivity contribution in [1.82, 2.24) is 0 Å². The average molecular weight is 236 g/mol. The van der Waals surface area contributed by atoms with E-state index < -0.39 is 0 Å². The van der Waals surface area contributed by atoms with Crippen LogP contribution in [0.2, 0.25) is 0 Å². The number of ether oxygens (including phenoxy) is 2. The lowest BCUT2D eigenvalue weighted by atomic mass is 9.80. The molecule has 1 saturated heterocycles. The van der Waals surface area contributed by atoms with Crippen molar-refractivity contribution in [3.05, 3.63) is 28.8 Å². The molecular formula is C14H20O3. The van der Waals surface area contributed by atoms with Gasteiger partial charge in [0.2, 0.25) is 0 Å². The van der Waals surface area contributed by atoms with Crippen LogP contribution in [-0.2, 0) is 11.2 Å². The Morgan fingerprint density at radius 2 is 2.06 bits per heavy atom. The molecule has 1 N–H and O–H groups in total. The summed E-state index contributed by atoms with van der Waals surface area (Å²) in [6.45, 7) is 5.58. The number of hydrogen-bond donors (Lipinski definition) is 1. The van der Waals surface area contributed by atoms with Crippen molar-refractivity contribution in [2.24, 2.45) is 5.41 Å². The van der Waals surface area contributed by atoms with E-state index in [0.29, 0.717) is 13.2 Å². The van der Waals surface area contributed by atoms with Crippen LogP contribution in [0.5, 0.6) is 5.75 Å². The first kappa shape index (κ1) is 12.4. The fraction of sp³-hybridized carbons (Fsp3) is 0.571. The number of benzene rings is 1. The van der Waals surface area contributed by atoms with E-state index in [-0.39, 0.29) is 12.0 Å². The minimum absolute atomic E-state index is 0.104. The van der Waals surface area contributed by atoms with Crippen LogP contribution in [-0.4, -0.2) is 32.0 Å². The zero-order valence-electron chi connectivity index (χ0n) is 10.7. The number of methoxy groups -OCH3 is 1. The van der Waals surface area contributed by atoms with Gasteiger partial charge in [0, 0.05) is 5.41 Å². The first-order valence-corrected chi connectivity index (χ1v) is 5.93. The Kier molecular flexibility index (Phi) is 3.40. The molecule has 1 aromatic rings. The average Bonchev–Trinajstić information content (AvgIpc) is 2.23. The van der Waals surface area contributed by atoms with Gasteiger partial charge >= 0.3 is 0 Å². The molecule has 1 heterocycles. The molecule has 0 aromatic heterocycles. The third kappa shape index (κ3) is 2.31. The third-order valence-corrected chi connectivity index (χ3v) is 3.42. The van der Waals surface area contributed by atoms with Crippen LogP contribution < -0.4 is 4.74 Å². The van der Waals surface area contributed by atoms with E-state index in [1.165, 1.54) is 11.1 Å². The molecule has 2 rings (SSSR count). The molecule has 0 atom stereocenters. The maximum Gasteiger partial charge on any atom is 0.124 e. The lowest BCUT2D eigenvalue weighted by Gasteiger charge is -2.40. The van der Waals surface area contributed by atoms with E-state index in [4.69, 9.17) is 9.47 Å². The van der Waals surface area contributed by atoms with Gasteiger partial charge in [-0.15, -0.1) is 0 Å². The van der Waals surface area contributed by atoms with Crippen LogP contribution in [0.15, 0.2) is 12.1 Å². The van der Waals surface area contributed by atoms with Gasteiger partial charge in [-0.05, 0) is 31.4 Å². The smallest absolute Gasteiger partial charge is 0.124 e. The molecule has 17 heavy (non-hydrogen) atoms. The van der Waals surface area contributed by atoms with Crippen molar-refractivity contribution in [3.8, 4) is 5.75 Å².